The monoisotopic (exact) mass is 224 g/mol. The second-order valence-electron chi connectivity index (χ2n) is 6.59. The highest BCUT2D eigenvalue weighted by molar-refractivity contribution is 4.95. The lowest BCUT2D eigenvalue weighted by molar-refractivity contribution is 0.0597. The fourth-order valence-electron chi connectivity index (χ4n) is 2.86. The Morgan fingerprint density at radius 2 is 2.06 bits per heavy atom. The van der Waals surface area contributed by atoms with E-state index >= 15 is 0 Å². The second-order valence-corrected chi connectivity index (χ2v) is 6.59. The quantitative estimate of drug-likeness (QED) is 0.789. The SMILES string of the molecule is CCC(C)C1CNC(C)(C)CN1CC1CC1. The van der Waals surface area contributed by atoms with E-state index in [0.29, 0.717) is 5.54 Å². The first-order valence-electron chi connectivity index (χ1n) is 7.01. The third-order valence-corrected chi connectivity index (χ3v) is 4.35. The number of nitrogens with one attached hydrogen (secondary N) is 1. The van der Waals surface area contributed by atoms with Gasteiger partial charge in [-0.25, -0.2) is 0 Å². The van der Waals surface area contributed by atoms with Gasteiger partial charge in [0, 0.05) is 31.2 Å². The third kappa shape index (κ3) is 2.98. The summed E-state index contributed by atoms with van der Waals surface area (Å²) in [5.41, 5.74) is 0.304. The molecule has 0 spiro atoms. The van der Waals surface area contributed by atoms with Crippen LogP contribution in [0.15, 0.2) is 0 Å². The number of piperazine rings is 1. The zero-order valence-electron chi connectivity index (χ0n) is 11.4. The largest absolute Gasteiger partial charge is 0.309 e. The molecule has 16 heavy (non-hydrogen) atoms. The summed E-state index contributed by atoms with van der Waals surface area (Å²) in [6, 6.07) is 0.763. The van der Waals surface area contributed by atoms with Crippen LogP contribution in [0.4, 0.5) is 0 Å². The molecular weight excluding hydrogens is 196 g/mol. The fraction of sp³-hybridized carbons (Fsp3) is 1.00. The number of nitrogens with zero attached hydrogens (tertiary/aromatic N) is 1. The van der Waals surface area contributed by atoms with E-state index in [1.165, 1.54) is 38.9 Å². The maximum absolute atomic E-state index is 3.71. The van der Waals surface area contributed by atoms with E-state index in [1.54, 1.807) is 0 Å². The molecule has 1 N–H and O–H groups in total. The molecule has 0 aromatic carbocycles. The predicted molar refractivity (Wildman–Crippen MR) is 69.6 cm³/mol. The smallest absolute Gasteiger partial charge is 0.0252 e. The molecule has 94 valence electrons. The van der Waals surface area contributed by atoms with Gasteiger partial charge in [-0.2, -0.15) is 0 Å². The molecule has 2 unspecified atom stereocenters. The van der Waals surface area contributed by atoms with Crippen LogP contribution in [0.25, 0.3) is 0 Å². The zero-order chi connectivity index (χ0) is 11.8. The van der Waals surface area contributed by atoms with Crippen molar-refractivity contribution in [1.29, 1.82) is 0 Å². The Kier molecular flexibility index (Phi) is 3.60. The summed E-state index contributed by atoms with van der Waals surface area (Å²) in [4.78, 5) is 2.77. The summed E-state index contributed by atoms with van der Waals surface area (Å²) in [7, 11) is 0. The van der Waals surface area contributed by atoms with Crippen LogP contribution in [-0.4, -0.2) is 36.1 Å². The van der Waals surface area contributed by atoms with Crippen molar-refractivity contribution < 1.29 is 0 Å². The Morgan fingerprint density at radius 1 is 1.38 bits per heavy atom. The van der Waals surface area contributed by atoms with Gasteiger partial charge in [-0.05, 0) is 38.5 Å². The third-order valence-electron chi connectivity index (χ3n) is 4.35. The summed E-state index contributed by atoms with van der Waals surface area (Å²) >= 11 is 0. The highest BCUT2D eigenvalue weighted by atomic mass is 15.3. The average molecular weight is 224 g/mol. The normalized spacial score (nSPS) is 32.6. The summed E-state index contributed by atoms with van der Waals surface area (Å²) in [5.74, 6) is 1.84. The van der Waals surface area contributed by atoms with Gasteiger partial charge >= 0.3 is 0 Å². The van der Waals surface area contributed by atoms with E-state index in [2.05, 4.69) is 37.9 Å². The average Bonchev–Trinajstić information content (AvgIpc) is 3.00. The maximum Gasteiger partial charge on any atom is 0.0252 e. The van der Waals surface area contributed by atoms with Crippen molar-refractivity contribution in [3.63, 3.8) is 0 Å². The van der Waals surface area contributed by atoms with Crippen LogP contribution < -0.4 is 5.32 Å². The van der Waals surface area contributed by atoms with E-state index in [1.807, 2.05) is 0 Å². The molecule has 0 aromatic rings. The molecule has 1 saturated carbocycles. The predicted octanol–water partition coefficient (Wildman–Crippen LogP) is 2.49. The van der Waals surface area contributed by atoms with E-state index in [4.69, 9.17) is 0 Å². The van der Waals surface area contributed by atoms with Gasteiger partial charge in [-0.3, -0.25) is 4.90 Å². The van der Waals surface area contributed by atoms with E-state index in [0.717, 1.165) is 17.9 Å². The fourth-order valence-corrected chi connectivity index (χ4v) is 2.86. The summed E-state index contributed by atoms with van der Waals surface area (Å²) in [5, 5.41) is 3.71. The maximum atomic E-state index is 3.71. The molecule has 2 atom stereocenters. The standard InChI is InChI=1S/C14H28N2/c1-5-11(2)13-8-15-14(3,4)10-16(13)9-12-6-7-12/h11-13,15H,5-10H2,1-4H3. The Balaban J connectivity index is 1.98. The summed E-state index contributed by atoms with van der Waals surface area (Å²) in [6.45, 7) is 13.1. The first-order chi connectivity index (χ1) is 7.52. The molecule has 0 amide bonds. The van der Waals surface area contributed by atoms with E-state index in [9.17, 15) is 0 Å². The molecule has 0 radical (unpaired) electrons. The lowest BCUT2D eigenvalue weighted by Crippen LogP contribution is -2.63. The van der Waals surface area contributed by atoms with Crippen molar-refractivity contribution in [2.24, 2.45) is 11.8 Å². The van der Waals surface area contributed by atoms with Crippen LogP contribution in [0, 0.1) is 11.8 Å². The highest BCUT2D eigenvalue weighted by Crippen LogP contribution is 2.32. The molecule has 0 bridgehead atoms. The molecule has 1 heterocycles. The Bertz CT molecular complexity index is 233. The van der Waals surface area contributed by atoms with Gasteiger partial charge in [-0.1, -0.05) is 20.3 Å². The number of hydrogen-bond donors (Lipinski definition) is 1. The lowest BCUT2D eigenvalue weighted by Gasteiger charge is -2.47. The Hall–Kier alpha value is -0.0800. The molecule has 0 aromatic heterocycles. The Morgan fingerprint density at radius 3 is 2.62 bits per heavy atom. The lowest BCUT2D eigenvalue weighted by atomic mass is 9.90. The van der Waals surface area contributed by atoms with Gasteiger partial charge in [0.1, 0.15) is 0 Å². The molecule has 2 heteroatoms. The molecule has 1 aliphatic carbocycles. The van der Waals surface area contributed by atoms with Gasteiger partial charge < -0.3 is 5.32 Å². The van der Waals surface area contributed by atoms with Gasteiger partial charge in [0.15, 0.2) is 0 Å². The molecule has 2 aliphatic rings. The topological polar surface area (TPSA) is 15.3 Å². The highest BCUT2D eigenvalue weighted by Gasteiger charge is 2.37. The first kappa shape index (κ1) is 12.4. The van der Waals surface area contributed by atoms with Crippen molar-refractivity contribution >= 4 is 0 Å². The molecule has 2 fully saturated rings. The van der Waals surface area contributed by atoms with E-state index in [-0.39, 0.29) is 0 Å². The number of rotatable bonds is 4. The molecule has 2 rings (SSSR count). The van der Waals surface area contributed by atoms with E-state index < -0.39 is 0 Å². The second kappa shape index (κ2) is 4.66. The minimum absolute atomic E-state index is 0.304. The van der Waals surface area contributed by atoms with Crippen LogP contribution in [0.5, 0.6) is 0 Å². The van der Waals surface area contributed by atoms with Crippen molar-refractivity contribution in [2.75, 3.05) is 19.6 Å². The van der Waals surface area contributed by atoms with Crippen LogP contribution in [-0.2, 0) is 0 Å². The molecule has 1 aliphatic heterocycles. The molecular formula is C14H28N2. The minimum Gasteiger partial charge on any atom is -0.309 e. The molecule has 1 saturated heterocycles. The van der Waals surface area contributed by atoms with Gasteiger partial charge in [0.05, 0.1) is 0 Å². The summed E-state index contributed by atoms with van der Waals surface area (Å²) in [6.07, 6.45) is 4.24. The summed E-state index contributed by atoms with van der Waals surface area (Å²) < 4.78 is 0. The van der Waals surface area contributed by atoms with Crippen molar-refractivity contribution in [3.8, 4) is 0 Å². The van der Waals surface area contributed by atoms with Crippen molar-refractivity contribution in [2.45, 2.75) is 58.5 Å². The van der Waals surface area contributed by atoms with Crippen LogP contribution in [0.2, 0.25) is 0 Å². The minimum atomic E-state index is 0.304. The van der Waals surface area contributed by atoms with Crippen LogP contribution in [0.1, 0.15) is 47.0 Å². The zero-order valence-corrected chi connectivity index (χ0v) is 11.4. The first-order valence-corrected chi connectivity index (χ1v) is 7.01. The number of hydrogen-bond acceptors (Lipinski definition) is 2. The van der Waals surface area contributed by atoms with Gasteiger partial charge in [0.25, 0.3) is 0 Å². The van der Waals surface area contributed by atoms with Crippen LogP contribution >= 0.6 is 0 Å². The van der Waals surface area contributed by atoms with Gasteiger partial charge in [0.2, 0.25) is 0 Å². The van der Waals surface area contributed by atoms with Crippen molar-refractivity contribution in [1.82, 2.24) is 10.2 Å². The molecule has 2 nitrogen and oxygen atoms in total. The van der Waals surface area contributed by atoms with Crippen LogP contribution in [0.3, 0.4) is 0 Å². The van der Waals surface area contributed by atoms with Crippen molar-refractivity contribution in [3.05, 3.63) is 0 Å². The Labute approximate surface area is 101 Å². The van der Waals surface area contributed by atoms with Gasteiger partial charge in [-0.15, -0.1) is 0 Å².